The van der Waals surface area contributed by atoms with E-state index in [1.807, 2.05) is 35.2 Å². The van der Waals surface area contributed by atoms with Gasteiger partial charge in [0, 0.05) is 32.2 Å². The minimum absolute atomic E-state index is 0.118. The van der Waals surface area contributed by atoms with E-state index in [1.54, 1.807) is 0 Å². The van der Waals surface area contributed by atoms with Crippen LogP contribution in [0.5, 0.6) is 0 Å². The summed E-state index contributed by atoms with van der Waals surface area (Å²) in [5, 5.41) is 9.09. The van der Waals surface area contributed by atoms with Crippen molar-refractivity contribution in [1.82, 2.24) is 4.90 Å². The number of rotatable bonds is 4. The highest BCUT2D eigenvalue weighted by molar-refractivity contribution is 5.77. The Morgan fingerprint density at radius 3 is 2.53 bits per heavy atom. The maximum Gasteiger partial charge on any atom is 0.224 e. The summed E-state index contributed by atoms with van der Waals surface area (Å²) in [6.45, 7) is 1.71. The van der Waals surface area contributed by atoms with Crippen molar-refractivity contribution in [3.63, 3.8) is 0 Å². The third-order valence-corrected chi connectivity index (χ3v) is 3.85. The van der Waals surface area contributed by atoms with Crippen LogP contribution in [0.1, 0.15) is 30.9 Å². The molecule has 1 aromatic rings. The van der Waals surface area contributed by atoms with Crippen LogP contribution < -0.4 is 5.73 Å². The number of amides is 1. The number of carbonyl (C=O) groups excluding carboxylic acids is 1. The van der Waals surface area contributed by atoms with Crippen LogP contribution in [0.15, 0.2) is 30.3 Å². The molecule has 1 heterocycles. The topological polar surface area (TPSA) is 66.6 Å². The number of nitrogens with two attached hydrogens (primary N) is 1. The third-order valence-electron chi connectivity index (χ3n) is 3.85. The zero-order chi connectivity index (χ0) is 13.7. The molecule has 0 bridgehead atoms. The van der Waals surface area contributed by atoms with Crippen LogP contribution in [0, 0.1) is 5.92 Å². The van der Waals surface area contributed by atoms with Gasteiger partial charge in [0.1, 0.15) is 0 Å². The second kappa shape index (κ2) is 6.68. The van der Waals surface area contributed by atoms with Crippen molar-refractivity contribution in [2.75, 3.05) is 19.7 Å². The maximum atomic E-state index is 12.2. The zero-order valence-corrected chi connectivity index (χ0v) is 11.2. The van der Waals surface area contributed by atoms with Crippen molar-refractivity contribution in [2.45, 2.75) is 25.3 Å². The van der Waals surface area contributed by atoms with Gasteiger partial charge in [0.05, 0.1) is 0 Å². The van der Waals surface area contributed by atoms with Gasteiger partial charge in [-0.05, 0) is 24.3 Å². The summed E-state index contributed by atoms with van der Waals surface area (Å²) in [7, 11) is 0. The number of nitrogens with zero attached hydrogens (tertiary/aromatic N) is 1. The smallest absolute Gasteiger partial charge is 0.224 e. The largest absolute Gasteiger partial charge is 0.396 e. The molecule has 104 valence electrons. The highest BCUT2D eigenvalue weighted by atomic mass is 16.3. The second-order valence-corrected chi connectivity index (χ2v) is 5.23. The number of likely N-dealkylation sites (tertiary alicyclic amines) is 1. The highest BCUT2D eigenvalue weighted by Gasteiger charge is 2.23. The van der Waals surface area contributed by atoms with Crippen LogP contribution in [-0.4, -0.2) is 35.6 Å². The molecule has 0 aromatic heterocycles. The number of aliphatic hydroxyl groups excluding tert-OH is 1. The molecular weight excluding hydrogens is 240 g/mol. The monoisotopic (exact) mass is 262 g/mol. The minimum Gasteiger partial charge on any atom is -0.396 e. The first kappa shape index (κ1) is 14.0. The summed E-state index contributed by atoms with van der Waals surface area (Å²) < 4.78 is 0. The number of benzene rings is 1. The van der Waals surface area contributed by atoms with Crippen molar-refractivity contribution >= 4 is 5.91 Å². The molecule has 0 spiro atoms. The number of hydrogen-bond acceptors (Lipinski definition) is 3. The Bertz CT molecular complexity index is 400. The lowest BCUT2D eigenvalue weighted by molar-refractivity contribution is -0.133. The summed E-state index contributed by atoms with van der Waals surface area (Å²) in [5.41, 5.74) is 7.07. The van der Waals surface area contributed by atoms with Crippen LogP contribution in [0.2, 0.25) is 0 Å². The molecule has 1 amide bonds. The van der Waals surface area contributed by atoms with Gasteiger partial charge >= 0.3 is 0 Å². The molecule has 0 aliphatic carbocycles. The Balaban J connectivity index is 1.84. The van der Waals surface area contributed by atoms with Crippen molar-refractivity contribution in [2.24, 2.45) is 11.7 Å². The zero-order valence-electron chi connectivity index (χ0n) is 11.2. The van der Waals surface area contributed by atoms with Crippen molar-refractivity contribution in [3.8, 4) is 0 Å². The van der Waals surface area contributed by atoms with Gasteiger partial charge in [-0.15, -0.1) is 0 Å². The van der Waals surface area contributed by atoms with E-state index in [9.17, 15) is 4.79 Å². The predicted octanol–water partition coefficient (Wildman–Crippen LogP) is 1.31. The molecule has 1 aliphatic heterocycles. The molecule has 1 aromatic carbocycles. The minimum atomic E-state index is -0.232. The SMILES string of the molecule is NC(CC(=O)N1CCC(CO)CC1)c1ccccc1. The normalized spacial score (nSPS) is 18.3. The van der Waals surface area contributed by atoms with E-state index in [2.05, 4.69) is 0 Å². The van der Waals surface area contributed by atoms with Crippen LogP contribution >= 0.6 is 0 Å². The lowest BCUT2D eigenvalue weighted by Crippen LogP contribution is -2.40. The molecule has 4 nitrogen and oxygen atoms in total. The summed E-state index contributed by atoms with van der Waals surface area (Å²) in [6.07, 6.45) is 2.14. The fourth-order valence-electron chi connectivity index (χ4n) is 2.50. The van der Waals surface area contributed by atoms with Gasteiger partial charge < -0.3 is 15.7 Å². The average Bonchev–Trinajstić information content (AvgIpc) is 2.48. The Labute approximate surface area is 114 Å². The molecule has 1 aliphatic rings. The Morgan fingerprint density at radius 2 is 1.95 bits per heavy atom. The molecule has 3 N–H and O–H groups in total. The molecule has 1 atom stereocenters. The first-order chi connectivity index (χ1) is 9.20. The lowest BCUT2D eigenvalue weighted by Gasteiger charge is -2.31. The molecule has 1 saturated heterocycles. The van der Waals surface area contributed by atoms with Gasteiger partial charge in [0.25, 0.3) is 0 Å². The van der Waals surface area contributed by atoms with E-state index in [0.29, 0.717) is 12.3 Å². The van der Waals surface area contributed by atoms with Gasteiger partial charge in [0.15, 0.2) is 0 Å². The first-order valence-corrected chi connectivity index (χ1v) is 6.90. The molecule has 2 rings (SSSR count). The third kappa shape index (κ3) is 3.78. The van der Waals surface area contributed by atoms with Crippen molar-refractivity contribution < 1.29 is 9.90 Å². The Hall–Kier alpha value is -1.39. The number of carbonyl (C=O) groups is 1. The fraction of sp³-hybridized carbons (Fsp3) is 0.533. The van der Waals surface area contributed by atoms with Crippen LogP contribution in [-0.2, 0) is 4.79 Å². The lowest BCUT2D eigenvalue weighted by atomic mass is 9.97. The summed E-state index contributed by atoms with van der Waals surface area (Å²) in [6, 6.07) is 9.49. The van der Waals surface area contributed by atoms with Crippen LogP contribution in [0.4, 0.5) is 0 Å². The predicted molar refractivity (Wildman–Crippen MR) is 74.4 cm³/mol. The molecule has 1 fully saturated rings. The van der Waals surface area contributed by atoms with Crippen molar-refractivity contribution in [1.29, 1.82) is 0 Å². The van der Waals surface area contributed by atoms with Gasteiger partial charge in [-0.3, -0.25) is 4.79 Å². The number of piperidine rings is 1. The van der Waals surface area contributed by atoms with E-state index >= 15 is 0 Å². The first-order valence-electron chi connectivity index (χ1n) is 6.90. The van der Waals surface area contributed by atoms with E-state index in [1.165, 1.54) is 0 Å². The van der Waals surface area contributed by atoms with Gasteiger partial charge in [-0.1, -0.05) is 30.3 Å². The standard InChI is InChI=1S/C15H22N2O2/c16-14(13-4-2-1-3-5-13)10-15(19)17-8-6-12(11-18)7-9-17/h1-5,12,14,18H,6-11,16H2. The molecule has 19 heavy (non-hydrogen) atoms. The molecular formula is C15H22N2O2. The number of aliphatic hydroxyl groups is 1. The van der Waals surface area contributed by atoms with E-state index in [0.717, 1.165) is 31.5 Å². The Kier molecular flexibility index (Phi) is 4.93. The molecule has 4 heteroatoms. The van der Waals surface area contributed by atoms with Crippen LogP contribution in [0.3, 0.4) is 0 Å². The van der Waals surface area contributed by atoms with E-state index in [-0.39, 0.29) is 18.6 Å². The van der Waals surface area contributed by atoms with E-state index in [4.69, 9.17) is 10.8 Å². The maximum absolute atomic E-state index is 12.2. The quantitative estimate of drug-likeness (QED) is 0.859. The second-order valence-electron chi connectivity index (χ2n) is 5.23. The Morgan fingerprint density at radius 1 is 1.32 bits per heavy atom. The van der Waals surface area contributed by atoms with Crippen molar-refractivity contribution in [3.05, 3.63) is 35.9 Å². The average molecular weight is 262 g/mol. The van der Waals surface area contributed by atoms with Gasteiger partial charge in [0.2, 0.25) is 5.91 Å². The summed E-state index contributed by atoms with van der Waals surface area (Å²) >= 11 is 0. The van der Waals surface area contributed by atoms with E-state index < -0.39 is 0 Å². The summed E-state index contributed by atoms with van der Waals surface area (Å²) in [4.78, 5) is 14.0. The van der Waals surface area contributed by atoms with Gasteiger partial charge in [-0.25, -0.2) is 0 Å². The van der Waals surface area contributed by atoms with Gasteiger partial charge in [-0.2, -0.15) is 0 Å². The molecule has 0 saturated carbocycles. The fourth-order valence-corrected chi connectivity index (χ4v) is 2.50. The number of hydrogen-bond donors (Lipinski definition) is 2. The highest BCUT2D eigenvalue weighted by Crippen LogP contribution is 2.20. The molecule has 1 unspecified atom stereocenters. The van der Waals surface area contributed by atoms with Crippen LogP contribution in [0.25, 0.3) is 0 Å². The summed E-state index contributed by atoms with van der Waals surface area (Å²) in [5.74, 6) is 0.472. The molecule has 0 radical (unpaired) electrons.